The Morgan fingerprint density at radius 1 is 1.17 bits per heavy atom. The van der Waals surface area contributed by atoms with E-state index in [2.05, 4.69) is 0 Å². The SMILES string of the molecule is O=C(CC1CC1)N1CCC2(CC1)CN(c1ccccc1)C(=O)CO2. The van der Waals surface area contributed by atoms with Crippen LogP contribution in [0.3, 0.4) is 0 Å². The Bertz CT molecular complexity index is 619. The number of benzene rings is 1. The van der Waals surface area contributed by atoms with E-state index < -0.39 is 0 Å². The van der Waals surface area contributed by atoms with Crippen LogP contribution in [0.2, 0.25) is 0 Å². The molecule has 0 atom stereocenters. The minimum absolute atomic E-state index is 0.0130. The van der Waals surface area contributed by atoms with Crippen molar-refractivity contribution >= 4 is 17.5 Å². The van der Waals surface area contributed by atoms with Crippen LogP contribution in [-0.4, -0.2) is 48.6 Å². The predicted molar refractivity (Wildman–Crippen MR) is 90.6 cm³/mol. The van der Waals surface area contributed by atoms with Crippen molar-refractivity contribution < 1.29 is 14.3 Å². The molecule has 0 aromatic heterocycles. The molecule has 1 aromatic rings. The van der Waals surface area contributed by atoms with Crippen molar-refractivity contribution in [3.8, 4) is 0 Å². The van der Waals surface area contributed by atoms with Gasteiger partial charge in [0.1, 0.15) is 6.61 Å². The van der Waals surface area contributed by atoms with Crippen molar-refractivity contribution in [1.82, 2.24) is 4.90 Å². The van der Waals surface area contributed by atoms with E-state index in [1.165, 1.54) is 12.8 Å². The monoisotopic (exact) mass is 328 g/mol. The molecule has 2 aliphatic heterocycles. The van der Waals surface area contributed by atoms with Crippen LogP contribution < -0.4 is 4.90 Å². The number of para-hydroxylation sites is 1. The van der Waals surface area contributed by atoms with Crippen LogP contribution in [0.25, 0.3) is 0 Å². The Morgan fingerprint density at radius 2 is 1.88 bits per heavy atom. The maximum absolute atomic E-state index is 12.3. The molecule has 2 heterocycles. The molecule has 0 radical (unpaired) electrons. The van der Waals surface area contributed by atoms with Crippen molar-refractivity contribution in [1.29, 1.82) is 0 Å². The summed E-state index contributed by atoms with van der Waals surface area (Å²) in [4.78, 5) is 28.4. The van der Waals surface area contributed by atoms with E-state index >= 15 is 0 Å². The number of amides is 2. The molecule has 5 heteroatoms. The molecule has 0 N–H and O–H groups in total. The molecule has 0 unspecified atom stereocenters. The van der Waals surface area contributed by atoms with Crippen molar-refractivity contribution in [2.24, 2.45) is 5.92 Å². The van der Waals surface area contributed by atoms with Crippen LogP contribution >= 0.6 is 0 Å². The van der Waals surface area contributed by atoms with Crippen LogP contribution in [0, 0.1) is 5.92 Å². The molecule has 4 rings (SSSR count). The number of carbonyl (C=O) groups excluding carboxylic acids is 2. The molecular weight excluding hydrogens is 304 g/mol. The Labute approximate surface area is 142 Å². The molecule has 24 heavy (non-hydrogen) atoms. The van der Waals surface area contributed by atoms with Gasteiger partial charge in [-0.1, -0.05) is 18.2 Å². The highest BCUT2D eigenvalue weighted by Gasteiger charge is 2.43. The molecule has 2 saturated heterocycles. The standard InChI is InChI=1S/C19H24N2O3/c22-17(12-15-6-7-15)20-10-8-19(9-11-20)14-21(18(23)13-24-19)16-4-2-1-3-5-16/h1-5,15H,6-14H2. The Balaban J connectivity index is 1.41. The van der Waals surface area contributed by atoms with Crippen LogP contribution in [-0.2, 0) is 14.3 Å². The Hall–Kier alpha value is -1.88. The quantitative estimate of drug-likeness (QED) is 0.855. The van der Waals surface area contributed by atoms with Crippen molar-refractivity contribution in [2.75, 3.05) is 31.1 Å². The summed E-state index contributed by atoms with van der Waals surface area (Å²) < 4.78 is 5.96. The number of nitrogens with zero attached hydrogens (tertiary/aromatic N) is 2. The van der Waals surface area contributed by atoms with Crippen LogP contribution in [0.1, 0.15) is 32.1 Å². The van der Waals surface area contributed by atoms with Gasteiger partial charge in [0.05, 0.1) is 12.1 Å². The number of carbonyl (C=O) groups is 2. The van der Waals surface area contributed by atoms with Gasteiger partial charge in [-0.25, -0.2) is 0 Å². The minimum atomic E-state index is -0.305. The van der Waals surface area contributed by atoms with Crippen molar-refractivity contribution in [3.05, 3.63) is 30.3 Å². The molecular formula is C19H24N2O3. The minimum Gasteiger partial charge on any atom is -0.363 e. The third-order valence-corrected chi connectivity index (χ3v) is 5.50. The van der Waals surface area contributed by atoms with Gasteiger partial charge in [0.25, 0.3) is 5.91 Å². The first-order valence-corrected chi connectivity index (χ1v) is 8.92. The molecule has 3 fully saturated rings. The van der Waals surface area contributed by atoms with Gasteiger partial charge in [0.2, 0.25) is 5.91 Å². The number of hydrogen-bond acceptors (Lipinski definition) is 3. The van der Waals surface area contributed by atoms with Gasteiger partial charge in [-0.2, -0.15) is 0 Å². The number of rotatable bonds is 3. The summed E-state index contributed by atoms with van der Waals surface area (Å²) in [6.45, 7) is 2.19. The number of ether oxygens (including phenoxy) is 1. The van der Waals surface area contributed by atoms with Crippen LogP contribution in [0.5, 0.6) is 0 Å². The predicted octanol–water partition coefficient (Wildman–Crippen LogP) is 2.21. The third kappa shape index (κ3) is 3.18. The van der Waals surface area contributed by atoms with Gasteiger partial charge in [0.15, 0.2) is 0 Å². The molecule has 1 aliphatic carbocycles. The van der Waals surface area contributed by atoms with Crippen molar-refractivity contribution in [3.63, 3.8) is 0 Å². The summed E-state index contributed by atoms with van der Waals surface area (Å²) in [7, 11) is 0. The lowest BCUT2D eigenvalue weighted by molar-refractivity contribution is -0.150. The van der Waals surface area contributed by atoms with E-state index in [-0.39, 0.29) is 18.1 Å². The van der Waals surface area contributed by atoms with Gasteiger partial charge in [-0.3, -0.25) is 9.59 Å². The highest BCUT2D eigenvalue weighted by Crippen LogP contribution is 2.35. The highest BCUT2D eigenvalue weighted by atomic mass is 16.5. The highest BCUT2D eigenvalue weighted by molar-refractivity contribution is 5.95. The first-order valence-electron chi connectivity index (χ1n) is 8.92. The second-order valence-corrected chi connectivity index (χ2v) is 7.32. The van der Waals surface area contributed by atoms with Gasteiger partial charge in [0, 0.05) is 25.2 Å². The van der Waals surface area contributed by atoms with E-state index in [9.17, 15) is 9.59 Å². The average molecular weight is 328 g/mol. The summed E-state index contributed by atoms with van der Waals surface area (Å²) >= 11 is 0. The molecule has 0 bridgehead atoms. The fourth-order valence-corrected chi connectivity index (χ4v) is 3.72. The molecule has 3 aliphatic rings. The number of likely N-dealkylation sites (tertiary alicyclic amines) is 1. The summed E-state index contributed by atoms with van der Waals surface area (Å²) in [6, 6.07) is 9.78. The molecule has 128 valence electrons. The Morgan fingerprint density at radius 3 is 2.54 bits per heavy atom. The zero-order valence-corrected chi connectivity index (χ0v) is 13.9. The van der Waals surface area contributed by atoms with E-state index in [1.807, 2.05) is 40.1 Å². The lowest BCUT2D eigenvalue weighted by Gasteiger charge is -2.47. The fourth-order valence-electron chi connectivity index (χ4n) is 3.72. The lowest BCUT2D eigenvalue weighted by Crippen LogP contribution is -2.59. The van der Waals surface area contributed by atoms with Gasteiger partial charge in [-0.05, 0) is 43.7 Å². The number of hydrogen-bond donors (Lipinski definition) is 0. The van der Waals surface area contributed by atoms with Gasteiger partial charge < -0.3 is 14.5 Å². The number of anilines is 1. The second-order valence-electron chi connectivity index (χ2n) is 7.32. The molecule has 1 spiro atoms. The van der Waals surface area contributed by atoms with Crippen LogP contribution in [0.15, 0.2) is 30.3 Å². The maximum atomic E-state index is 12.3. The summed E-state index contributed by atoms with van der Waals surface area (Å²) in [5.41, 5.74) is 0.623. The first-order chi connectivity index (χ1) is 11.7. The molecule has 2 amide bonds. The van der Waals surface area contributed by atoms with E-state index in [0.29, 0.717) is 24.8 Å². The van der Waals surface area contributed by atoms with Crippen LogP contribution in [0.4, 0.5) is 5.69 Å². The average Bonchev–Trinajstić information content (AvgIpc) is 3.43. The van der Waals surface area contributed by atoms with Gasteiger partial charge in [-0.15, -0.1) is 0 Å². The second kappa shape index (κ2) is 6.20. The topological polar surface area (TPSA) is 49.9 Å². The largest absolute Gasteiger partial charge is 0.363 e. The summed E-state index contributed by atoms with van der Waals surface area (Å²) in [5.74, 6) is 0.934. The zero-order valence-electron chi connectivity index (χ0n) is 13.9. The van der Waals surface area contributed by atoms with E-state index in [1.54, 1.807) is 0 Å². The molecule has 1 saturated carbocycles. The summed E-state index contributed by atoms with van der Waals surface area (Å²) in [6.07, 6.45) is 4.74. The normalized spacial score (nSPS) is 23.6. The number of piperidine rings is 1. The fraction of sp³-hybridized carbons (Fsp3) is 0.579. The van der Waals surface area contributed by atoms with Gasteiger partial charge >= 0.3 is 0 Å². The maximum Gasteiger partial charge on any atom is 0.253 e. The first kappa shape index (κ1) is 15.6. The number of morpholine rings is 1. The van der Waals surface area contributed by atoms with E-state index in [0.717, 1.165) is 31.6 Å². The zero-order chi connectivity index (χ0) is 16.6. The molecule has 1 aromatic carbocycles. The van der Waals surface area contributed by atoms with E-state index in [4.69, 9.17) is 4.74 Å². The lowest BCUT2D eigenvalue weighted by atomic mass is 9.88. The van der Waals surface area contributed by atoms with Crippen molar-refractivity contribution in [2.45, 2.75) is 37.7 Å². The third-order valence-electron chi connectivity index (χ3n) is 5.50. The Kier molecular flexibility index (Phi) is 4.04. The summed E-state index contributed by atoms with van der Waals surface area (Å²) in [5, 5.41) is 0. The smallest absolute Gasteiger partial charge is 0.253 e. The molecule has 5 nitrogen and oxygen atoms in total.